The smallest absolute Gasteiger partial charge is 0.226 e. The highest BCUT2D eigenvalue weighted by Crippen LogP contribution is 2.33. The Morgan fingerprint density at radius 3 is 2.83 bits per heavy atom. The molecule has 2 aliphatic heterocycles. The lowest BCUT2D eigenvalue weighted by molar-refractivity contribution is -0.167. The highest BCUT2D eigenvalue weighted by atomic mass is 35.5. The van der Waals surface area contributed by atoms with E-state index in [1.165, 1.54) is 5.06 Å². The van der Waals surface area contributed by atoms with Crippen LogP contribution in [-0.4, -0.2) is 29.4 Å². The van der Waals surface area contributed by atoms with Crippen molar-refractivity contribution in [1.29, 1.82) is 0 Å². The molecule has 0 radical (unpaired) electrons. The Kier molecular flexibility index (Phi) is 5.44. The van der Waals surface area contributed by atoms with Gasteiger partial charge in [-0.2, -0.15) is 10.1 Å². The zero-order chi connectivity index (χ0) is 16.6. The van der Waals surface area contributed by atoms with Gasteiger partial charge in [0.2, 0.25) is 11.9 Å². The van der Waals surface area contributed by atoms with Crippen molar-refractivity contribution in [1.82, 2.24) is 5.06 Å². The van der Waals surface area contributed by atoms with Gasteiger partial charge in [-0.05, 0) is 26.0 Å². The summed E-state index contributed by atoms with van der Waals surface area (Å²) in [5.41, 5.74) is 12.4. The number of aliphatic imine (C=N–C) groups is 2. The van der Waals surface area contributed by atoms with Crippen LogP contribution in [0.4, 0.5) is 0 Å². The van der Waals surface area contributed by atoms with Crippen molar-refractivity contribution in [3.63, 3.8) is 0 Å². The van der Waals surface area contributed by atoms with Crippen LogP contribution in [-0.2, 0) is 22.8 Å². The van der Waals surface area contributed by atoms with Crippen LogP contribution in [0.5, 0.6) is 5.75 Å². The molecule has 10 heteroatoms. The van der Waals surface area contributed by atoms with E-state index in [1.807, 2.05) is 19.9 Å². The molecular formula is C14H19Cl2N5O3. The first-order chi connectivity index (χ1) is 10.9. The highest BCUT2D eigenvalue weighted by Gasteiger charge is 2.33. The van der Waals surface area contributed by atoms with Crippen LogP contribution < -0.4 is 16.2 Å². The molecule has 132 valence electrons. The number of hydrogen-bond acceptors (Lipinski definition) is 8. The highest BCUT2D eigenvalue weighted by molar-refractivity contribution is 6.30. The predicted molar refractivity (Wildman–Crippen MR) is 92.9 cm³/mol. The number of benzene rings is 1. The van der Waals surface area contributed by atoms with E-state index < -0.39 is 5.66 Å². The second kappa shape index (κ2) is 7.02. The summed E-state index contributed by atoms with van der Waals surface area (Å²) >= 11 is 6.14. The maximum absolute atomic E-state index is 6.14. The molecule has 24 heavy (non-hydrogen) atoms. The fraction of sp³-hybridized carbons (Fsp3) is 0.429. The number of nitrogens with zero attached hydrogens (tertiary/aromatic N) is 3. The van der Waals surface area contributed by atoms with E-state index in [0.29, 0.717) is 17.4 Å². The van der Waals surface area contributed by atoms with Crippen LogP contribution in [0.3, 0.4) is 0 Å². The second-order valence-corrected chi connectivity index (χ2v) is 6.10. The fourth-order valence-electron chi connectivity index (χ4n) is 2.52. The van der Waals surface area contributed by atoms with Crippen LogP contribution in [0.25, 0.3) is 0 Å². The van der Waals surface area contributed by atoms with Gasteiger partial charge >= 0.3 is 0 Å². The van der Waals surface area contributed by atoms with E-state index in [9.17, 15) is 0 Å². The summed E-state index contributed by atoms with van der Waals surface area (Å²) in [6.45, 7) is 4.47. The molecular weight excluding hydrogens is 357 g/mol. The number of ether oxygens (including phenoxy) is 2. The van der Waals surface area contributed by atoms with Gasteiger partial charge in [-0.15, -0.1) is 12.4 Å². The average molecular weight is 376 g/mol. The van der Waals surface area contributed by atoms with Gasteiger partial charge in [-0.3, -0.25) is 4.84 Å². The molecule has 1 aromatic carbocycles. The Labute approximate surface area is 150 Å². The van der Waals surface area contributed by atoms with E-state index in [1.54, 1.807) is 6.07 Å². The predicted octanol–water partition coefficient (Wildman–Crippen LogP) is 1.74. The van der Waals surface area contributed by atoms with E-state index in [-0.39, 0.29) is 37.7 Å². The minimum atomic E-state index is -0.765. The van der Waals surface area contributed by atoms with E-state index in [4.69, 9.17) is 37.4 Å². The fourth-order valence-corrected chi connectivity index (χ4v) is 2.78. The molecule has 0 bridgehead atoms. The van der Waals surface area contributed by atoms with Gasteiger partial charge in [-0.1, -0.05) is 11.6 Å². The van der Waals surface area contributed by atoms with Gasteiger partial charge in [0, 0.05) is 16.1 Å². The third-order valence-corrected chi connectivity index (χ3v) is 3.64. The van der Waals surface area contributed by atoms with Gasteiger partial charge in [-0.25, -0.2) is 4.99 Å². The maximum Gasteiger partial charge on any atom is 0.226 e. The van der Waals surface area contributed by atoms with E-state index >= 15 is 0 Å². The minimum absolute atomic E-state index is 0. The number of nitrogens with two attached hydrogens (primary N) is 2. The Bertz CT molecular complexity index is 693. The van der Waals surface area contributed by atoms with Gasteiger partial charge in [0.15, 0.2) is 12.5 Å². The first-order valence-electron chi connectivity index (χ1n) is 7.01. The lowest BCUT2D eigenvalue weighted by Gasteiger charge is -2.37. The van der Waals surface area contributed by atoms with E-state index in [0.717, 1.165) is 11.1 Å². The van der Waals surface area contributed by atoms with Crippen LogP contribution in [0.2, 0.25) is 5.02 Å². The first-order valence-corrected chi connectivity index (χ1v) is 7.39. The molecule has 8 nitrogen and oxygen atoms in total. The van der Waals surface area contributed by atoms with Gasteiger partial charge in [0.1, 0.15) is 12.4 Å². The molecule has 0 aliphatic carbocycles. The standard InChI is InChI=1S/C14H18ClN5O3.ClH/c1-14(2)19-12(16)18-13(17)20(14)23-6-9-4-10(15)3-8-5-21-7-22-11(8)9;/h3-4H,5-7H2,1-2H3,(H4,16,17,18,19);1H. The Hall–Kier alpha value is -1.74. The molecule has 0 saturated carbocycles. The Morgan fingerprint density at radius 1 is 1.38 bits per heavy atom. The van der Waals surface area contributed by atoms with Crippen molar-refractivity contribution in [3.05, 3.63) is 28.3 Å². The van der Waals surface area contributed by atoms with Crippen LogP contribution in [0.1, 0.15) is 25.0 Å². The third kappa shape index (κ3) is 3.67. The molecule has 2 aliphatic rings. The van der Waals surface area contributed by atoms with Crippen molar-refractivity contribution >= 4 is 35.9 Å². The number of fused-ring (bicyclic) bond motifs is 1. The second-order valence-electron chi connectivity index (χ2n) is 5.67. The molecule has 0 fully saturated rings. The van der Waals surface area contributed by atoms with E-state index in [2.05, 4.69) is 9.98 Å². The normalized spacial score (nSPS) is 18.7. The zero-order valence-electron chi connectivity index (χ0n) is 13.3. The molecule has 0 unspecified atom stereocenters. The van der Waals surface area contributed by atoms with Gasteiger partial charge < -0.3 is 20.9 Å². The summed E-state index contributed by atoms with van der Waals surface area (Å²) in [5.74, 6) is 0.976. The van der Waals surface area contributed by atoms with Crippen molar-refractivity contribution in [2.24, 2.45) is 21.5 Å². The molecule has 1 aromatic rings. The molecule has 0 amide bonds. The summed E-state index contributed by atoms with van der Waals surface area (Å²) in [6.07, 6.45) is 0. The molecule has 0 atom stereocenters. The summed E-state index contributed by atoms with van der Waals surface area (Å²) in [6, 6.07) is 3.60. The number of guanidine groups is 2. The molecule has 2 heterocycles. The van der Waals surface area contributed by atoms with Crippen molar-refractivity contribution in [2.75, 3.05) is 6.79 Å². The third-order valence-electron chi connectivity index (χ3n) is 3.42. The number of rotatable bonds is 3. The minimum Gasteiger partial charge on any atom is -0.467 e. The van der Waals surface area contributed by atoms with Crippen LogP contribution in [0.15, 0.2) is 22.1 Å². The molecule has 3 rings (SSSR count). The molecule has 0 spiro atoms. The van der Waals surface area contributed by atoms with Crippen molar-refractivity contribution in [3.8, 4) is 5.75 Å². The number of hydroxylamine groups is 2. The Balaban J connectivity index is 0.00000208. The van der Waals surface area contributed by atoms with Crippen LogP contribution in [0, 0.1) is 0 Å². The van der Waals surface area contributed by atoms with Gasteiger partial charge in [0.25, 0.3) is 0 Å². The molecule has 4 N–H and O–H groups in total. The maximum atomic E-state index is 6.14. The van der Waals surface area contributed by atoms with Crippen molar-refractivity contribution < 1.29 is 14.3 Å². The lowest BCUT2D eigenvalue weighted by Crippen LogP contribution is -2.53. The van der Waals surface area contributed by atoms with Crippen molar-refractivity contribution in [2.45, 2.75) is 32.7 Å². The topological polar surface area (TPSA) is 108 Å². The summed E-state index contributed by atoms with van der Waals surface area (Å²) in [5, 5.41) is 1.99. The number of hydrogen-bond donors (Lipinski definition) is 2. The lowest BCUT2D eigenvalue weighted by atomic mass is 10.1. The average Bonchev–Trinajstić information content (AvgIpc) is 2.44. The monoisotopic (exact) mass is 375 g/mol. The summed E-state index contributed by atoms with van der Waals surface area (Å²) in [7, 11) is 0. The number of halogens is 2. The zero-order valence-corrected chi connectivity index (χ0v) is 14.9. The summed E-state index contributed by atoms with van der Waals surface area (Å²) < 4.78 is 10.8. The Morgan fingerprint density at radius 2 is 2.12 bits per heavy atom. The van der Waals surface area contributed by atoms with Crippen LogP contribution >= 0.6 is 24.0 Å². The quantitative estimate of drug-likeness (QED) is 0.832. The SMILES string of the molecule is CC1(C)N=C(N)N=C(N)N1OCc1cc(Cl)cc2c1OCOC2.Cl. The van der Waals surface area contributed by atoms with Gasteiger partial charge in [0.05, 0.1) is 6.61 Å². The largest absolute Gasteiger partial charge is 0.467 e. The molecule has 0 saturated heterocycles. The summed E-state index contributed by atoms with van der Waals surface area (Å²) in [4.78, 5) is 13.9. The molecule has 0 aromatic heterocycles. The first kappa shape index (κ1) is 18.6.